The number of methoxy groups -OCH3 is 3. The molecule has 0 aliphatic heterocycles. The first-order valence-electron chi connectivity index (χ1n) is 9.32. The molecule has 158 valence electrons. The maximum Gasteiger partial charge on any atom is 0.296 e. The molecule has 0 amide bonds. The van der Waals surface area contributed by atoms with Crippen LogP contribution in [0.25, 0.3) is 11.0 Å². The molecule has 0 aliphatic carbocycles. The van der Waals surface area contributed by atoms with Crippen LogP contribution in [-0.4, -0.2) is 35.9 Å². The van der Waals surface area contributed by atoms with Gasteiger partial charge in [0.15, 0.2) is 11.5 Å². The molecule has 0 atom stereocenters. The molecule has 0 bridgehead atoms. The Balaban J connectivity index is 1.82. The van der Waals surface area contributed by atoms with E-state index in [9.17, 15) is 9.59 Å². The van der Waals surface area contributed by atoms with E-state index in [0.717, 1.165) is 16.9 Å². The summed E-state index contributed by atoms with van der Waals surface area (Å²) in [5, 5.41) is 4.28. The van der Waals surface area contributed by atoms with Crippen molar-refractivity contribution in [2.75, 3.05) is 21.3 Å². The monoisotopic (exact) mass is 437 g/mol. The van der Waals surface area contributed by atoms with Crippen LogP contribution in [-0.2, 0) is 6.42 Å². The van der Waals surface area contributed by atoms with E-state index in [1.807, 2.05) is 30.3 Å². The molecule has 0 unspecified atom stereocenters. The molecule has 4 rings (SSSR count). The summed E-state index contributed by atoms with van der Waals surface area (Å²) in [5.41, 5.74) is 1.02. The summed E-state index contributed by atoms with van der Waals surface area (Å²) < 4.78 is 17.6. The third-order valence-electron chi connectivity index (χ3n) is 4.65. The van der Waals surface area contributed by atoms with Gasteiger partial charge in [-0.15, -0.1) is 0 Å². The molecular formula is C22H19N3O5S. The zero-order valence-corrected chi connectivity index (χ0v) is 17.9. The predicted molar refractivity (Wildman–Crippen MR) is 118 cm³/mol. The topological polar surface area (TPSA) is 92.0 Å². The van der Waals surface area contributed by atoms with Crippen LogP contribution in [0, 0.1) is 0 Å². The number of nitrogens with zero attached hydrogens (tertiary/aromatic N) is 3. The minimum atomic E-state index is -0.440. The van der Waals surface area contributed by atoms with Crippen LogP contribution in [0.2, 0.25) is 0 Å². The first kappa shape index (κ1) is 20.5. The summed E-state index contributed by atoms with van der Waals surface area (Å²) in [4.78, 5) is 29.7. The third kappa shape index (κ3) is 3.99. The van der Waals surface area contributed by atoms with Gasteiger partial charge in [0.05, 0.1) is 25.9 Å². The fourth-order valence-corrected chi connectivity index (χ4v) is 4.08. The van der Waals surface area contributed by atoms with Gasteiger partial charge < -0.3 is 14.2 Å². The van der Waals surface area contributed by atoms with Gasteiger partial charge in [-0.05, 0) is 29.3 Å². The summed E-state index contributed by atoms with van der Waals surface area (Å²) in [7, 11) is 4.56. The number of benzene rings is 2. The zero-order chi connectivity index (χ0) is 22.0. The maximum atomic E-state index is 12.9. The van der Waals surface area contributed by atoms with Crippen molar-refractivity contribution in [3.05, 3.63) is 84.5 Å². The Labute approximate surface area is 181 Å². The van der Waals surface area contributed by atoms with Crippen molar-refractivity contribution < 1.29 is 14.2 Å². The van der Waals surface area contributed by atoms with Crippen LogP contribution in [0.3, 0.4) is 0 Å². The van der Waals surface area contributed by atoms with Gasteiger partial charge in [-0.2, -0.15) is 14.6 Å². The standard InChI is InChI=1S/C22H19N3O5S/c1-28-16-10-14(11-17(29-2)19(16)30-3)12-18-21(27)25-22(31-18)23-20(26)15(24-25)9-13-7-5-4-6-8-13/h4-8,10-12H,9H2,1-3H3/b18-12+. The van der Waals surface area contributed by atoms with Crippen molar-refractivity contribution in [2.45, 2.75) is 6.42 Å². The molecule has 0 radical (unpaired) electrons. The minimum Gasteiger partial charge on any atom is -0.493 e. The summed E-state index contributed by atoms with van der Waals surface area (Å²) in [6.45, 7) is 0. The molecule has 2 heterocycles. The van der Waals surface area contributed by atoms with E-state index in [2.05, 4.69) is 10.1 Å². The van der Waals surface area contributed by atoms with Crippen molar-refractivity contribution in [3.63, 3.8) is 0 Å². The fourth-order valence-electron chi connectivity index (χ4n) is 3.18. The van der Waals surface area contributed by atoms with Gasteiger partial charge in [0, 0.05) is 6.42 Å². The molecule has 4 aromatic rings. The molecule has 2 aromatic carbocycles. The van der Waals surface area contributed by atoms with E-state index < -0.39 is 5.56 Å². The number of rotatable bonds is 6. The highest BCUT2D eigenvalue weighted by atomic mass is 32.1. The Morgan fingerprint density at radius 2 is 1.68 bits per heavy atom. The van der Waals surface area contributed by atoms with Crippen molar-refractivity contribution in [2.24, 2.45) is 0 Å². The number of aromatic nitrogens is 3. The molecule has 2 aromatic heterocycles. The van der Waals surface area contributed by atoms with Crippen LogP contribution < -0.4 is 29.9 Å². The van der Waals surface area contributed by atoms with Gasteiger partial charge in [-0.1, -0.05) is 41.7 Å². The minimum absolute atomic E-state index is 0.220. The van der Waals surface area contributed by atoms with Gasteiger partial charge in [-0.3, -0.25) is 9.59 Å². The van der Waals surface area contributed by atoms with Crippen LogP contribution in [0.4, 0.5) is 0 Å². The second-order valence-electron chi connectivity index (χ2n) is 6.59. The summed E-state index contributed by atoms with van der Waals surface area (Å²) in [6.07, 6.45) is 1.98. The predicted octanol–water partition coefficient (Wildman–Crippen LogP) is 1.68. The quantitative estimate of drug-likeness (QED) is 0.453. The summed E-state index contributed by atoms with van der Waals surface area (Å²) >= 11 is 1.09. The Bertz CT molecular complexity index is 1390. The summed E-state index contributed by atoms with van der Waals surface area (Å²) in [5.74, 6) is 1.40. The van der Waals surface area contributed by atoms with E-state index in [-0.39, 0.29) is 16.2 Å². The van der Waals surface area contributed by atoms with Crippen LogP contribution in [0.1, 0.15) is 16.8 Å². The van der Waals surface area contributed by atoms with Gasteiger partial charge in [0.1, 0.15) is 5.69 Å². The number of hydrogen-bond acceptors (Lipinski definition) is 8. The van der Waals surface area contributed by atoms with E-state index in [1.165, 1.54) is 25.8 Å². The lowest BCUT2D eigenvalue weighted by atomic mass is 10.1. The van der Waals surface area contributed by atoms with Crippen LogP contribution in [0.5, 0.6) is 17.2 Å². The Morgan fingerprint density at radius 1 is 1.00 bits per heavy atom. The SMILES string of the molecule is COc1cc(/C=c2/sc3nc(=O)c(Cc4ccccc4)nn3c2=O)cc(OC)c1OC. The number of hydrogen-bond donors (Lipinski definition) is 0. The second kappa shape index (κ2) is 8.57. The highest BCUT2D eigenvalue weighted by Gasteiger charge is 2.14. The molecule has 0 aliphatic rings. The van der Waals surface area contributed by atoms with E-state index in [1.54, 1.807) is 18.2 Å². The van der Waals surface area contributed by atoms with Gasteiger partial charge in [0.25, 0.3) is 11.1 Å². The molecule has 0 fully saturated rings. The average Bonchev–Trinajstić information content (AvgIpc) is 3.08. The summed E-state index contributed by atoms with van der Waals surface area (Å²) in [6, 6.07) is 12.9. The first-order valence-corrected chi connectivity index (χ1v) is 10.1. The molecule has 0 N–H and O–H groups in total. The molecule has 8 nitrogen and oxygen atoms in total. The normalized spacial score (nSPS) is 11.6. The zero-order valence-electron chi connectivity index (χ0n) is 17.1. The molecule has 9 heteroatoms. The number of thiazole rings is 1. The van der Waals surface area contributed by atoms with E-state index >= 15 is 0 Å². The molecular weight excluding hydrogens is 418 g/mol. The smallest absolute Gasteiger partial charge is 0.296 e. The average molecular weight is 437 g/mol. The fraction of sp³-hybridized carbons (Fsp3) is 0.182. The lowest BCUT2D eigenvalue weighted by Crippen LogP contribution is -2.28. The lowest BCUT2D eigenvalue weighted by Gasteiger charge is -2.12. The largest absolute Gasteiger partial charge is 0.493 e. The van der Waals surface area contributed by atoms with Gasteiger partial charge in [-0.25, -0.2) is 0 Å². The molecule has 0 saturated carbocycles. The Morgan fingerprint density at radius 3 is 2.29 bits per heavy atom. The van der Waals surface area contributed by atoms with Gasteiger partial charge in [0.2, 0.25) is 10.7 Å². The maximum absolute atomic E-state index is 12.9. The first-order chi connectivity index (χ1) is 15.0. The Hall–Kier alpha value is -3.72. The van der Waals surface area contributed by atoms with E-state index in [4.69, 9.17) is 14.2 Å². The van der Waals surface area contributed by atoms with Crippen LogP contribution in [0.15, 0.2) is 52.1 Å². The highest BCUT2D eigenvalue weighted by Crippen LogP contribution is 2.38. The van der Waals surface area contributed by atoms with Crippen molar-refractivity contribution in [1.82, 2.24) is 14.6 Å². The Kier molecular flexibility index (Phi) is 5.68. The van der Waals surface area contributed by atoms with Crippen molar-refractivity contribution >= 4 is 22.4 Å². The molecule has 0 saturated heterocycles. The van der Waals surface area contributed by atoms with Crippen molar-refractivity contribution in [1.29, 1.82) is 0 Å². The number of ether oxygens (including phenoxy) is 3. The third-order valence-corrected chi connectivity index (χ3v) is 5.61. The van der Waals surface area contributed by atoms with Gasteiger partial charge >= 0.3 is 0 Å². The second-order valence-corrected chi connectivity index (χ2v) is 7.60. The number of fused-ring (bicyclic) bond motifs is 1. The lowest BCUT2D eigenvalue weighted by molar-refractivity contribution is 0.324. The van der Waals surface area contributed by atoms with Crippen LogP contribution >= 0.6 is 11.3 Å². The molecule has 0 spiro atoms. The molecule has 31 heavy (non-hydrogen) atoms. The van der Waals surface area contributed by atoms with Crippen molar-refractivity contribution in [3.8, 4) is 17.2 Å². The van der Waals surface area contributed by atoms with E-state index in [0.29, 0.717) is 33.8 Å². The highest BCUT2D eigenvalue weighted by molar-refractivity contribution is 7.15.